The molecule has 9 heteroatoms. The molecule has 24 heavy (non-hydrogen) atoms. The standard InChI is InChI=1S/C15H15N3O6/c1-17-9-3-2-8(24-7-13(20)21)6-11(9)18(15(17)23)10-4-5-12(19)16-14(10)22/h2-3,6,10H,4-5,7H2,1H3,(H,20,21)(H,16,19,22). The zero-order valence-electron chi connectivity index (χ0n) is 12.8. The van der Waals surface area contributed by atoms with E-state index < -0.39 is 30.2 Å². The van der Waals surface area contributed by atoms with Crippen molar-refractivity contribution in [2.45, 2.75) is 18.9 Å². The topological polar surface area (TPSA) is 120 Å². The maximum Gasteiger partial charge on any atom is 0.341 e. The normalized spacial score (nSPS) is 17.8. The summed E-state index contributed by atoms with van der Waals surface area (Å²) in [7, 11) is 1.57. The number of carbonyl (C=O) groups excluding carboxylic acids is 2. The largest absolute Gasteiger partial charge is 0.482 e. The first-order valence-corrected chi connectivity index (χ1v) is 7.27. The van der Waals surface area contributed by atoms with Gasteiger partial charge in [-0.1, -0.05) is 0 Å². The van der Waals surface area contributed by atoms with E-state index in [0.717, 1.165) is 0 Å². The van der Waals surface area contributed by atoms with Crippen LogP contribution in [0.5, 0.6) is 5.75 Å². The molecule has 3 rings (SSSR count). The summed E-state index contributed by atoms with van der Waals surface area (Å²) in [6, 6.07) is 3.90. The minimum absolute atomic E-state index is 0.147. The van der Waals surface area contributed by atoms with Crippen molar-refractivity contribution in [3.05, 3.63) is 28.7 Å². The smallest absolute Gasteiger partial charge is 0.341 e. The molecule has 0 bridgehead atoms. The molecular weight excluding hydrogens is 318 g/mol. The highest BCUT2D eigenvalue weighted by atomic mass is 16.5. The summed E-state index contributed by atoms with van der Waals surface area (Å²) in [5, 5.41) is 10.9. The highest BCUT2D eigenvalue weighted by molar-refractivity contribution is 6.00. The van der Waals surface area contributed by atoms with Crippen LogP contribution in [0.25, 0.3) is 11.0 Å². The summed E-state index contributed by atoms with van der Waals surface area (Å²) >= 11 is 0. The molecule has 2 amide bonds. The molecule has 2 heterocycles. The van der Waals surface area contributed by atoms with E-state index in [1.807, 2.05) is 0 Å². The van der Waals surface area contributed by atoms with Gasteiger partial charge >= 0.3 is 11.7 Å². The lowest BCUT2D eigenvalue weighted by Crippen LogP contribution is -2.44. The van der Waals surface area contributed by atoms with Gasteiger partial charge in [0.15, 0.2) is 6.61 Å². The molecular formula is C15H15N3O6. The minimum atomic E-state index is -1.12. The van der Waals surface area contributed by atoms with Gasteiger partial charge in [-0.15, -0.1) is 0 Å². The van der Waals surface area contributed by atoms with Crippen LogP contribution in [0.4, 0.5) is 0 Å². The quantitative estimate of drug-likeness (QED) is 0.747. The number of nitrogens with zero attached hydrogens (tertiary/aromatic N) is 2. The Morgan fingerprint density at radius 1 is 1.33 bits per heavy atom. The van der Waals surface area contributed by atoms with E-state index in [2.05, 4.69) is 5.32 Å². The molecule has 0 spiro atoms. The molecule has 126 valence electrons. The molecule has 2 N–H and O–H groups in total. The second kappa shape index (κ2) is 5.84. The van der Waals surface area contributed by atoms with Gasteiger partial charge in [0.1, 0.15) is 11.8 Å². The summed E-state index contributed by atoms with van der Waals surface area (Å²) in [5.41, 5.74) is 0.627. The highest BCUT2D eigenvalue weighted by Crippen LogP contribution is 2.25. The molecule has 1 atom stereocenters. The van der Waals surface area contributed by atoms with Gasteiger partial charge in [-0.05, 0) is 18.6 Å². The third-order valence-corrected chi connectivity index (χ3v) is 3.94. The summed E-state index contributed by atoms with van der Waals surface area (Å²) in [6.07, 6.45) is 0.373. The number of aromatic nitrogens is 2. The summed E-state index contributed by atoms with van der Waals surface area (Å²) in [5.74, 6) is -1.74. The van der Waals surface area contributed by atoms with Crippen LogP contribution >= 0.6 is 0 Å². The average molecular weight is 333 g/mol. The number of ether oxygens (including phenoxy) is 1. The highest BCUT2D eigenvalue weighted by Gasteiger charge is 2.31. The number of carboxylic acids is 1. The van der Waals surface area contributed by atoms with Crippen LogP contribution in [0.15, 0.2) is 23.0 Å². The fraction of sp³-hybridized carbons (Fsp3) is 0.333. The maximum absolute atomic E-state index is 12.5. The van der Waals surface area contributed by atoms with E-state index >= 15 is 0 Å². The Morgan fingerprint density at radius 2 is 2.08 bits per heavy atom. The molecule has 0 radical (unpaired) electrons. The maximum atomic E-state index is 12.5. The molecule has 1 unspecified atom stereocenters. The van der Waals surface area contributed by atoms with Gasteiger partial charge in [-0.25, -0.2) is 9.59 Å². The molecule has 0 saturated carbocycles. The third-order valence-electron chi connectivity index (χ3n) is 3.94. The van der Waals surface area contributed by atoms with Crippen molar-refractivity contribution in [3.8, 4) is 5.75 Å². The number of benzene rings is 1. The van der Waals surface area contributed by atoms with E-state index in [-0.39, 0.29) is 24.5 Å². The predicted octanol–water partition coefficient (Wildman–Crippen LogP) is -0.219. The monoisotopic (exact) mass is 333 g/mol. The number of rotatable bonds is 4. The van der Waals surface area contributed by atoms with Crippen molar-refractivity contribution in [2.24, 2.45) is 7.05 Å². The van der Waals surface area contributed by atoms with E-state index in [9.17, 15) is 19.2 Å². The Labute approximate surface area is 135 Å². The van der Waals surface area contributed by atoms with Crippen molar-refractivity contribution in [1.29, 1.82) is 0 Å². The van der Waals surface area contributed by atoms with Crippen molar-refractivity contribution in [2.75, 3.05) is 6.61 Å². The van der Waals surface area contributed by atoms with Crippen LogP contribution in [-0.4, -0.2) is 38.6 Å². The van der Waals surface area contributed by atoms with Crippen molar-refractivity contribution >= 4 is 28.8 Å². The van der Waals surface area contributed by atoms with E-state index in [1.165, 1.54) is 15.2 Å². The number of imide groups is 1. The first-order valence-electron chi connectivity index (χ1n) is 7.27. The van der Waals surface area contributed by atoms with Crippen LogP contribution in [-0.2, 0) is 21.4 Å². The fourth-order valence-corrected chi connectivity index (χ4v) is 2.81. The van der Waals surface area contributed by atoms with Crippen molar-refractivity contribution in [3.63, 3.8) is 0 Å². The second-order valence-corrected chi connectivity index (χ2v) is 5.51. The van der Waals surface area contributed by atoms with Crippen molar-refractivity contribution in [1.82, 2.24) is 14.5 Å². The lowest BCUT2D eigenvalue weighted by molar-refractivity contribution is -0.139. The number of hydrogen-bond acceptors (Lipinski definition) is 5. The Balaban J connectivity index is 2.09. The number of piperidine rings is 1. The molecule has 1 aliphatic rings. The van der Waals surface area contributed by atoms with Gasteiger partial charge in [0, 0.05) is 19.5 Å². The molecule has 1 aromatic carbocycles. The summed E-state index contributed by atoms with van der Waals surface area (Å²) in [6.45, 7) is -0.513. The van der Waals surface area contributed by atoms with Gasteiger partial charge in [0.2, 0.25) is 11.8 Å². The van der Waals surface area contributed by atoms with Gasteiger partial charge in [0.05, 0.1) is 11.0 Å². The second-order valence-electron chi connectivity index (χ2n) is 5.51. The number of aryl methyl sites for hydroxylation is 1. The van der Waals surface area contributed by atoms with E-state index in [4.69, 9.17) is 9.84 Å². The summed E-state index contributed by atoms with van der Waals surface area (Å²) in [4.78, 5) is 46.5. The number of imidazole rings is 1. The van der Waals surface area contributed by atoms with Crippen LogP contribution in [0.3, 0.4) is 0 Å². The number of aliphatic carboxylic acids is 1. The van der Waals surface area contributed by atoms with Gasteiger partial charge in [-0.3, -0.25) is 24.0 Å². The zero-order chi connectivity index (χ0) is 17.4. The number of carboxylic acid groups (broad SMARTS) is 1. The number of amides is 2. The Hall–Kier alpha value is -3.10. The van der Waals surface area contributed by atoms with Crippen molar-refractivity contribution < 1.29 is 24.2 Å². The number of carbonyl (C=O) groups is 3. The average Bonchev–Trinajstić information content (AvgIpc) is 2.77. The van der Waals surface area contributed by atoms with Gasteiger partial charge < -0.3 is 9.84 Å². The number of hydrogen-bond donors (Lipinski definition) is 2. The SMILES string of the molecule is Cn1c(=O)n(C2CCC(=O)NC2=O)c2cc(OCC(=O)O)ccc21. The first kappa shape index (κ1) is 15.8. The van der Waals surface area contributed by atoms with E-state index in [1.54, 1.807) is 19.2 Å². The Kier molecular flexibility index (Phi) is 3.84. The van der Waals surface area contributed by atoms with Crippen LogP contribution < -0.4 is 15.7 Å². The van der Waals surface area contributed by atoms with E-state index in [0.29, 0.717) is 11.0 Å². The fourth-order valence-electron chi connectivity index (χ4n) is 2.81. The number of fused-ring (bicyclic) bond motifs is 1. The van der Waals surface area contributed by atoms with Crippen LogP contribution in [0, 0.1) is 0 Å². The lowest BCUT2D eigenvalue weighted by Gasteiger charge is -2.22. The molecule has 0 aliphatic carbocycles. The molecule has 1 aromatic heterocycles. The molecule has 1 aliphatic heterocycles. The lowest BCUT2D eigenvalue weighted by atomic mass is 10.1. The van der Waals surface area contributed by atoms with Crippen LogP contribution in [0.1, 0.15) is 18.9 Å². The first-order chi connectivity index (χ1) is 11.4. The Morgan fingerprint density at radius 3 is 2.75 bits per heavy atom. The summed E-state index contributed by atoms with van der Waals surface area (Å²) < 4.78 is 7.83. The zero-order valence-corrected chi connectivity index (χ0v) is 12.8. The molecule has 1 saturated heterocycles. The van der Waals surface area contributed by atoms with Gasteiger partial charge in [0.25, 0.3) is 0 Å². The Bertz CT molecular complexity index is 910. The molecule has 9 nitrogen and oxygen atoms in total. The minimum Gasteiger partial charge on any atom is -0.482 e. The van der Waals surface area contributed by atoms with Crippen LogP contribution in [0.2, 0.25) is 0 Å². The molecule has 2 aromatic rings. The number of nitrogens with one attached hydrogen (secondary N) is 1. The predicted molar refractivity (Wildman–Crippen MR) is 81.7 cm³/mol. The molecule has 1 fully saturated rings. The van der Waals surface area contributed by atoms with Gasteiger partial charge in [-0.2, -0.15) is 0 Å². The third kappa shape index (κ3) is 2.64.